The van der Waals surface area contributed by atoms with Crippen LogP contribution in [-0.2, 0) is 19.7 Å². The Labute approximate surface area is 118 Å². The number of halogens is 1. The van der Waals surface area contributed by atoms with Gasteiger partial charge in [0.2, 0.25) is 0 Å². The first-order chi connectivity index (χ1) is 9.15. The SMILES string of the molecule is CCn1nc(C)c(Cl)c1COc1ccc(CN)cc1. The van der Waals surface area contributed by atoms with Crippen molar-refractivity contribution in [2.24, 2.45) is 5.73 Å². The molecule has 0 aliphatic heterocycles. The zero-order chi connectivity index (χ0) is 13.8. The van der Waals surface area contributed by atoms with Gasteiger partial charge in [0.25, 0.3) is 0 Å². The van der Waals surface area contributed by atoms with Crippen LogP contribution in [0.15, 0.2) is 24.3 Å². The van der Waals surface area contributed by atoms with Crippen LogP contribution in [0.4, 0.5) is 0 Å². The highest BCUT2D eigenvalue weighted by Crippen LogP contribution is 2.22. The highest BCUT2D eigenvalue weighted by atomic mass is 35.5. The van der Waals surface area contributed by atoms with Crippen LogP contribution >= 0.6 is 11.6 Å². The Balaban J connectivity index is 2.09. The van der Waals surface area contributed by atoms with Gasteiger partial charge in [0.1, 0.15) is 12.4 Å². The van der Waals surface area contributed by atoms with Crippen LogP contribution in [0.3, 0.4) is 0 Å². The van der Waals surface area contributed by atoms with Gasteiger partial charge in [0.15, 0.2) is 0 Å². The average Bonchev–Trinajstić information content (AvgIpc) is 2.72. The van der Waals surface area contributed by atoms with Crippen molar-refractivity contribution >= 4 is 11.6 Å². The number of ether oxygens (including phenoxy) is 1. The molecule has 2 N–H and O–H groups in total. The van der Waals surface area contributed by atoms with E-state index in [1.807, 2.05) is 42.8 Å². The maximum absolute atomic E-state index is 6.23. The van der Waals surface area contributed by atoms with Crippen LogP contribution in [-0.4, -0.2) is 9.78 Å². The van der Waals surface area contributed by atoms with E-state index in [0.717, 1.165) is 29.2 Å². The summed E-state index contributed by atoms with van der Waals surface area (Å²) < 4.78 is 7.61. The van der Waals surface area contributed by atoms with E-state index in [4.69, 9.17) is 22.1 Å². The maximum Gasteiger partial charge on any atom is 0.131 e. The Bertz CT molecular complexity index is 549. The molecule has 0 spiro atoms. The number of rotatable bonds is 5. The van der Waals surface area contributed by atoms with E-state index < -0.39 is 0 Å². The predicted molar refractivity (Wildman–Crippen MR) is 76.3 cm³/mol. The number of benzene rings is 1. The second-order valence-corrected chi connectivity index (χ2v) is 4.68. The van der Waals surface area contributed by atoms with Gasteiger partial charge in [-0.2, -0.15) is 5.10 Å². The standard InChI is InChI=1S/C14H18ClN3O/c1-3-18-13(14(15)10(2)17-18)9-19-12-6-4-11(8-16)5-7-12/h4-7H,3,8-9,16H2,1-2H3. The molecule has 4 nitrogen and oxygen atoms in total. The summed E-state index contributed by atoms with van der Waals surface area (Å²) in [5.74, 6) is 0.801. The molecule has 0 bridgehead atoms. The predicted octanol–water partition coefficient (Wildman–Crippen LogP) is 2.90. The summed E-state index contributed by atoms with van der Waals surface area (Å²) in [4.78, 5) is 0. The van der Waals surface area contributed by atoms with Gasteiger partial charge in [-0.3, -0.25) is 4.68 Å². The van der Waals surface area contributed by atoms with Crippen molar-refractivity contribution in [2.45, 2.75) is 33.5 Å². The van der Waals surface area contributed by atoms with Crippen molar-refractivity contribution in [1.29, 1.82) is 0 Å². The molecule has 5 heteroatoms. The Morgan fingerprint density at radius 2 is 2.00 bits per heavy atom. The summed E-state index contributed by atoms with van der Waals surface area (Å²) in [5.41, 5.74) is 8.38. The quantitative estimate of drug-likeness (QED) is 0.916. The van der Waals surface area contributed by atoms with Crippen molar-refractivity contribution in [1.82, 2.24) is 9.78 Å². The van der Waals surface area contributed by atoms with E-state index in [0.29, 0.717) is 18.2 Å². The number of nitrogens with zero attached hydrogens (tertiary/aromatic N) is 2. The summed E-state index contributed by atoms with van der Waals surface area (Å²) in [6, 6.07) is 7.74. The van der Waals surface area contributed by atoms with Gasteiger partial charge in [0.05, 0.1) is 16.4 Å². The highest BCUT2D eigenvalue weighted by molar-refractivity contribution is 6.31. The molecular formula is C14H18ClN3O. The third kappa shape index (κ3) is 3.08. The minimum Gasteiger partial charge on any atom is -0.487 e. The fourth-order valence-electron chi connectivity index (χ4n) is 1.88. The summed E-state index contributed by atoms with van der Waals surface area (Å²) in [6.45, 7) is 5.65. The Kier molecular flexibility index (Phi) is 4.45. The molecule has 19 heavy (non-hydrogen) atoms. The van der Waals surface area contributed by atoms with Crippen LogP contribution in [0.5, 0.6) is 5.75 Å². The molecule has 0 aliphatic carbocycles. The first kappa shape index (κ1) is 13.9. The van der Waals surface area contributed by atoms with Gasteiger partial charge < -0.3 is 10.5 Å². The fourth-order valence-corrected chi connectivity index (χ4v) is 2.07. The molecule has 2 rings (SSSR count). The van der Waals surface area contributed by atoms with Crippen molar-refractivity contribution in [3.8, 4) is 5.75 Å². The van der Waals surface area contributed by atoms with Crippen LogP contribution < -0.4 is 10.5 Å². The van der Waals surface area contributed by atoms with Crippen molar-refractivity contribution < 1.29 is 4.74 Å². The van der Waals surface area contributed by atoms with Crippen LogP contribution in [0.2, 0.25) is 5.02 Å². The minimum atomic E-state index is 0.412. The van der Waals surface area contributed by atoms with E-state index in [1.165, 1.54) is 0 Å². The van der Waals surface area contributed by atoms with Crippen molar-refractivity contribution in [3.05, 3.63) is 46.2 Å². The third-order valence-electron chi connectivity index (χ3n) is 2.99. The summed E-state index contributed by atoms with van der Waals surface area (Å²) in [7, 11) is 0. The molecular weight excluding hydrogens is 262 g/mol. The molecule has 1 aromatic carbocycles. The van der Waals surface area contributed by atoms with Crippen LogP contribution in [0, 0.1) is 6.92 Å². The molecule has 0 aliphatic rings. The molecule has 1 aromatic heterocycles. The zero-order valence-corrected chi connectivity index (χ0v) is 11.9. The second kappa shape index (κ2) is 6.08. The third-order valence-corrected chi connectivity index (χ3v) is 3.48. The Hall–Kier alpha value is -1.52. The van der Waals surface area contributed by atoms with E-state index in [9.17, 15) is 0 Å². The Morgan fingerprint density at radius 1 is 1.32 bits per heavy atom. The number of hydrogen-bond donors (Lipinski definition) is 1. The Morgan fingerprint density at radius 3 is 2.58 bits per heavy atom. The average molecular weight is 280 g/mol. The number of aryl methyl sites for hydroxylation is 2. The lowest BCUT2D eigenvalue weighted by Crippen LogP contribution is -2.06. The lowest BCUT2D eigenvalue weighted by atomic mass is 10.2. The van der Waals surface area contributed by atoms with Gasteiger partial charge in [-0.15, -0.1) is 0 Å². The smallest absolute Gasteiger partial charge is 0.131 e. The van der Waals surface area contributed by atoms with Gasteiger partial charge in [-0.25, -0.2) is 0 Å². The summed E-state index contributed by atoms with van der Waals surface area (Å²) in [6.07, 6.45) is 0. The van der Waals surface area contributed by atoms with Crippen molar-refractivity contribution in [2.75, 3.05) is 0 Å². The first-order valence-corrected chi connectivity index (χ1v) is 6.67. The molecule has 0 fully saturated rings. The molecule has 0 saturated heterocycles. The molecule has 1 heterocycles. The summed E-state index contributed by atoms with van der Waals surface area (Å²) >= 11 is 6.23. The molecule has 0 radical (unpaired) electrons. The van der Waals surface area contributed by atoms with Crippen LogP contribution in [0.1, 0.15) is 23.9 Å². The van der Waals surface area contributed by atoms with Gasteiger partial charge >= 0.3 is 0 Å². The minimum absolute atomic E-state index is 0.412. The maximum atomic E-state index is 6.23. The largest absolute Gasteiger partial charge is 0.487 e. The van der Waals surface area contributed by atoms with Gasteiger partial charge in [0, 0.05) is 13.1 Å². The molecule has 102 valence electrons. The van der Waals surface area contributed by atoms with E-state index in [2.05, 4.69) is 5.10 Å². The van der Waals surface area contributed by atoms with E-state index >= 15 is 0 Å². The summed E-state index contributed by atoms with van der Waals surface area (Å²) in [5, 5.41) is 5.04. The number of aromatic nitrogens is 2. The first-order valence-electron chi connectivity index (χ1n) is 6.29. The van der Waals surface area contributed by atoms with Gasteiger partial charge in [-0.1, -0.05) is 23.7 Å². The zero-order valence-electron chi connectivity index (χ0n) is 11.2. The van der Waals surface area contributed by atoms with Crippen LogP contribution in [0.25, 0.3) is 0 Å². The lowest BCUT2D eigenvalue weighted by Gasteiger charge is -2.08. The molecule has 2 aromatic rings. The van der Waals surface area contributed by atoms with Gasteiger partial charge in [-0.05, 0) is 31.5 Å². The van der Waals surface area contributed by atoms with E-state index in [-0.39, 0.29) is 0 Å². The number of hydrogen-bond acceptors (Lipinski definition) is 3. The van der Waals surface area contributed by atoms with E-state index in [1.54, 1.807) is 0 Å². The lowest BCUT2D eigenvalue weighted by molar-refractivity contribution is 0.292. The molecule has 0 unspecified atom stereocenters. The molecule has 0 saturated carbocycles. The fraction of sp³-hybridized carbons (Fsp3) is 0.357. The van der Waals surface area contributed by atoms with Crippen molar-refractivity contribution in [3.63, 3.8) is 0 Å². The molecule has 0 amide bonds. The highest BCUT2D eigenvalue weighted by Gasteiger charge is 2.12. The molecule has 0 atom stereocenters. The monoisotopic (exact) mass is 279 g/mol. The number of nitrogens with two attached hydrogens (primary N) is 1. The topological polar surface area (TPSA) is 53.1 Å². The normalized spacial score (nSPS) is 10.7. The second-order valence-electron chi connectivity index (χ2n) is 4.30.